The Morgan fingerprint density at radius 3 is 2.48 bits per heavy atom. The molecule has 7 heteroatoms. The molecular weight excluding hydrogens is 411 g/mol. The summed E-state index contributed by atoms with van der Waals surface area (Å²) in [5.41, 5.74) is 10.3. The number of esters is 1. The van der Waals surface area contributed by atoms with E-state index in [1.807, 2.05) is 13.0 Å². The van der Waals surface area contributed by atoms with E-state index >= 15 is 0 Å². The van der Waals surface area contributed by atoms with Crippen molar-refractivity contribution in [2.24, 2.45) is 0 Å². The Morgan fingerprint density at radius 2 is 1.90 bits per heavy atom. The van der Waals surface area contributed by atoms with E-state index in [2.05, 4.69) is 0 Å². The third kappa shape index (κ3) is 3.38. The molecule has 2 N–H and O–H groups in total. The van der Waals surface area contributed by atoms with Crippen LogP contribution in [0.5, 0.6) is 0 Å². The van der Waals surface area contributed by atoms with Crippen molar-refractivity contribution in [3.8, 4) is 11.1 Å². The van der Waals surface area contributed by atoms with E-state index in [4.69, 9.17) is 33.7 Å². The van der Waals surface area contributed by atoms with Crippen LogP contribution in [-0.2, 0) is 4.74 Å². The van der Waals surface area contributed by atoms with E-state index in [9.17, 15) is 9.59 Å². The van der Waals surface area contributed by atoms with Gasteiger partial charge in [0.25, 0.3) is 5.56 Å². The normalized spacial score (nSPS) is 13.7. The fraction of sp³-hybridized carbons (Fsp3) is 0.273. The molecule has 5 nitrogen and oxygen atoms in total. The molecule has 1 saturated carbocycles. The molecule has 1 aliphatic rings. The number of nitrogen functional groups attached to an aromatic ring is 1. The Balaban J connectivity index is 2.00. The third-order valence-electron chi connectivity index (χ3n) is 5.32. The topological polar surface area (TPSA) is 73.8 Å². The molecule has 0 saturated heterocycles. The summed E-state index contributed by atoms with van der Waals surface area (Å²) in [4.78, 5) is 25.3. The molecule has 0 unspecified atom stereocenters. The first-order valence-corrected chi connectivity index (χ1v) is 10.2. The van der Waals surface area contributed by atoms with Gasteiger partial charge in [-0.05, 0) is 79.1 Å². The number of hydrogen-bond donors (Lipinski definition) is 1. The number of pyridine rings is 2. The first-order chi connectivity index (χ1) is 13.8. The maximum Gasteiger partial charge on any atom is 0.343 e. The van der Waals surface area contributed by atoms with Crippen LogP contribution in [0.2, 0.25) is 10.0 Å². The molecule has 1 aliphatic carbocycles. The van der Waals surface area contributed by atoms with Gasteiger partial charge in [0.2, 0.25) is 0 Å². The van der Waals surface area contributed by atoms with Crippen molar-refractivity contribution < 1.29 is 9.53 Å². The van der Waals surface area contributed by atoms with E-state index in [0.717, 1.165) is 40.6 Å². The first-order valence-electron chi connectivity index (χ1n) is 9.44. The average molecular weight is 431 g/mol. The predicted molar refractivity (Wildman–Crippen MR) is 116 cm³/mol. The minimum absolute atomic E-state index is 0.0666. The van der Waals surface area contributed by atoms with Crippen LogP contribution in [0.15, 0.2) is 35.3 Å². The van der Waals surface area contributed by atoms with Gasteiger partial charge in [-0.25, -0.2) is 4.79 Å². The van der Waals surface area contributed by atoms with Gasteiger partial charge in [-0.2, -0.15) is 0 Å². The number of aromatic nitrogens is 1. The van der Waals surface area contributed by atoms with E-state index < -0.39 is 5.97 Å². The highest BCUT2D eigenvalue weighted by atomic mass is 35.5. The zero-order valence-electron chi connectivity index (χ0n) is 16.1. The molecule has 0 amide bonds. The molecule has 1 fully saturated rings. The minimum atomic E-state index is -0.590. The van der Waals surface area contributed by atoms with Crippen molar-refractivity contribution in [2.75, 3.05) is 12.3 Å². The molecular formula is C22H20Cl2N2O3. The monoisotopic (exact) mass is 430 g/mol. The number of ether oxygens (including phenoxy) is 1. The molecule has 0 spiro atoms. The lowest BCUT2D eigenvalue weighted by molar-refractivity contribution is 0.0524. The quantitative estimate of drug-likeness (QED) is 0.454. The van der Waals surface area contributed by atoms with Gasteiger partial charge in [-0.15, -0.1) is 0 Å². The summed E-state index contributed by atoms with van der Waals surface area (Å²) in [5, 5.41) is 0.758. The van der Waals surface area contributed by atoms with E-state index in [1.54, 1.807) is 35.7 Å². The highest BCUT2D eigenvalue weighted by molar-refractivity contribution is 6.39. The number of halogens is 2. The van der Waals surface area contributed by atoms with Gasteiger partial charge < -0.3 is 10.5 Å². The second-order valence-electron chi connectivity index (χ2n) is 7.24. The van der Waals surface area contributed by atoms with Crippen molar-refractivity contribution in [1.29, 1.82) is 0 Å². The molecule has 0 atom stereocenters. The molecule has 3 aromatic rings. The standard InChI is InChI=1S/C22H20Cl2N2O3/c1-3-29-22(28)16-10-15(12-4-5-12)20-11(2)14(6-7-26(20)21(16)27)13-8-17(23)19(25)18(24)9-13/h6-10,12H,3-5,25H2,1-2H3. The molecule has 2 heterocycles. The summed E-state index contributed by atoms with van der Waals surface area (Å²) in [6.07, 6.45) is 3.74. The lowest BCUT2D eigenvalue weighted by Crippen LogP contribution is -2.25. The van der Waals surface area contributed by atoms with Crippen molar-refractivity contribution in [1.82, 2.24) is 4.40 Å². The first kappa shape index (κ1) is 19.8. The van der Waals surface area contributed by atoms with Crippen LogP contribution in [-0.4, -0.2) is 17.0 Å². The lowest BCUT2D eigenvalue weighted by Gasteiger charge is -2.16. The summed E-state index contributed by atoms with van der Waals surface area (Å²) >= 11 is 12.5. The number of carbonyl (C=O) groups excluding carboxylic acids is 1. The van der Waals surface area contributed by atoms with Crippen LogP contribution in [0.25, 0.3) is 16.6 Å². The van der Waals surface area contributed by atoms with Crippen LogP contribution in [0.3, 0.4) is 0 Å². The van der Waals surface area contributed by atoms with Crippen LogP contribution >= 0.6 is 23.2 Å². The SMILES string of the molecule is CCOC(=O)c1cc(C2CC2)c2c(C)c(-c3cc(Cl)c(N)c(Cl)c3)ccn2c1=O. The maximum absolute atomic E-state index is 13.0. The number of nitrogens with zero attached hydrogens (tertiary/aromatic N) is 1. The summed E-state index contributed by atoms with van der Waals surface area (Å²) in [6.45, 7) is 3.90. The Kier molecular flexibility index (Phi) is 5.05. The number of rotatable bonds is 4. The maximum atomic E-state index is 13.0. The molecule has 4 rings (SSSR count). The second-order valence-corrected chi connectivity index (χ2v) is 8.05. The zero-order valence-corrected chi connectivity index (χ0v) is 17.6. The van der Waals surface area contributed by atoms with Crippen molar-refractivity contribution in [3.63, 3.8) is 0 Å². The van der Waals surface area contributed by atoms with Crippen LogP contribution in [0, 0.1) is 6.92 Å². The highest BCUT2D eigenvalue weighted by Crippen LogP contribution is 2.44. The van der Waals surface area contributed by atoms with Crippen LogP contribution < -0.4 is 11.3 Å². The summed E-state index contributed by atoms with van der Waals surface area (Å²) in [7, 11) is 0. The van der Waals surface area contributed by atoms with E-state index in [1.165, 1.54) is 0 Å². The summed E-state index contributed by atoms with van der Waals surface area (Å²) in [6, 6.07) is 7.06. The largest absolute Gasteiger partial charge is 0.462 e. The molecule has 29 heavy (non-hydrogen) atoms. The van der Waals surface area contributed by atoms with Gasteiger partial charge in [-0.3, -0.25) is 9.20 Å². The number of fused-ring (bicyclic) bond motifs is 1. The van der Waals surface area contributed by atoms with E-state index in [0.29, 0.717) is 21.7 Å². The zero-order chi connectivity index (χ0) is 20.9. The number of carbonyl (C=O) groups is 1. The van der Waals surface area contributed by atoms with Gasteiger partial charge in [-0.1, -0.05) is 23.2 Å². The molecule has 2 aromatic heterocycles. The number of benzene rings is 1. The number of aryl methyl sites for hydroxylation is 1. The molecule has 0 radical (unpaired) electrons. The molecule has 150 valence electrons. The van der Waals surface area contributed by atoms with Crippen LogP contribution in [0.4, 0.5) is 5.69 Å². The average Bonchev–Trinajstić information content (AvgIpc) is 3.52. The minimum Gasteiger partial charge on any atom is -0.462 e. The summed E-state index contributed by atoms with van der Waals surface area (Å²) in [5.74, 6) is -0.265. The predicted octanol–water partition coefficient (Wildman–Crippen LogP) is 5.22. The third-order valence-corrected chi connectivity index (χ3v) is 5.94. The summed E-state index contributed by atoms with van der Waals surface area (Å²) < 4.78 is 6.62. The smallest absolute Gasteiger partial charge is 0.343 e. The highest BCUT2D eigenvalue weighted by Gasteiger charge is 2.29. The van der Waals surface area contributed by atoms with Crippen molar-refractivity contribution in [2.45, 2.75) is 32.6 Å². The molecule has 0 bridgehead atoms. The van der Waals surface area contributed by atoms with Crippen molar-refractivity contribution >= 4 is 40.4 Å². The van der Waals surface area contributed by atoms with Gasteiger partial charge in [0.15, 0.2) is 0 Å². The van der Waals surface area contributed by atoms with Gasteiger partial charge >= 0.3 is 5.97 Å². The van der Waals surface area contributed by atoms with Gasteiger partial charge in [0, 0.05) is 6.20 Å². The van der Waals surface area contributed by atoms with Gasteiger partial charge in [0.1, 0.15) is 5.56 Å². The Hall–Kier alpha value is -2.50. The van der Waals surface area contributed by atoms with E-state index in [-0.39, 0.29) is 17.7 Å². The van der Waals surface area contributed by atoms with Crippen molar-refractivity contribution in [3.05, 3.63) is 67.6 Å². The number of nitrogens with two attached hydrogens (primary N) is 1. The van der Waals surface area contributed by atoms with Gasteiger partial charge in [0.05, 0.1) is 27.9 Å². The second kappa shape index (κ2) is 7.39. The number of hydrogen-bond acceptors (Lipinski definition) is 4. The Morgan fingerprint density at radius 1 is 1.24 bits per heavy atom. The Labute approximate surface area is 178 Å². The van der Waals surface area contributed by atoms with Crippen LogP contribution in [0.1, 0.15) is 47.2 Å². The number of anilines is 1. The molecule has 0 aliphatic heterocycles. The lowest BCUT2D eigenvalue weighted by atomic mass is 9.96. The molecule has 1 aromatic carbocycles. The Bertz CT molecular complexity index is 1190. The fourth-order valence-electron chi connectivity index (χ4n) is 3.71. The fourth-order valence-corrected chi connectivity index (χ4v) is 4.20.